The van der Waals surface area contributed by atoms with Crippen LogP contribution in [0, 0.1) is 11.3 Å². The fraction of sp³-hybridized carbons (Fsp3) is 0.0500. The Morgan fingerprint density at radius 2 is 1.85 bits per heavy atom. The molecule has 1 unspecified atom stereocenters. The molecule has 26 heavy (non-hydrogen) atoms. The summed E-state index contributed by atoms with van der Waals surface area (Å²) in [5, 5.41) is 9.29. The Bertz CT molecular complexity index is 1130. The van der Waals surface area contributed by atoms with Crippen molar-refractivity contribution < 1.29 is 4.39 Å². The van der Waals surface area contributed by atoms with Crippen molar-refractivity contribution in [3.8, 4) is 6.07 Å². The minimum absolute atomic E-state index is 0.230. The highest BCUT2D eigenvalue weighted by Crippen LogP contribution is 2.44. The molecule has 0 amide bonds. The summed E-state index contributed by atoms with van der Waals surface area (Å²) in [4.78, 5) is 8.29. The van der Waals surface area contributed by atoms with Gasteiger partial charge in [-0.25, -0.2) is 14.4 Å². The van der Waals surface area contributed by atoms with Crippen molar-refractivity contribution in [2.24, 2.45) is 0 Å². The number of benzene rings is 2. The van der Waals surface area contributed by atoms with Crippen LogP contribution in [0.25, 0.3) is 10.2 Å². The van der Waals surface area contributed by atoms with Crippen molar-refractivity contribution in [2.75, 3.05) is 0 Å². The van der Waals surface area contributed by atoms with Crippen molar-refractivity contribution in [3.63, 3.8) is 0 Å². The second-order valence-electron chi connectivity index (χ2n) is 5.72. The second kappa shape index (κ2) is 6.49. The number of alkyl halides is 1. The summed E-state index contributed by atoms with van der Waals surface area (Å²) in [6.07, 6.45) is 1.39. The van der Waals surface area contributed by atoms with E-state index in [1.165, 1.54) is 23.6 Å². The number of halogens is 2. The lowest BCUT2D eigenvalue weighted by molar-refractivity contribution is 0.280. The fourth-order valence-electron chi connectivity index (χ4n) is 2.95. The number of thiazole rings is 1. The molecule has 0 spiro atoms. The molecule has 0 aliphatic rings. The van der Waals surface area contributed by atoms with E-state index in [0.29, 0.717) is 21.7 Å². The predicted molar refractivity (Wildman–Crippen MR) is 101 cm³/mol. The molecule has 0 radical (unpaired) electrons. The van der Waals surface area contributed by atoms with Gasteiger partial charge in [-0.3, -0.25) is 0 Å². The van der Waals surface area contributed by atoms with Crippen molar-refractivity contribution in [1.29, 1.82) is 5.26 Å². The molecule has 6 heteroatoms. The van der Waals surface area contributed by atoms with Crippen LogP contribution in [0.3, 0.4) is 0 Å². The van der Waals surface area contributed by atoms with E-state index in [4.69, 9.17) is 16.9 Å². The molecule has 2 aromatic carbocycles. The number of fused-ring (bicyclic) bond motifs is 1. The third kappa shape index (κ3) is 2.64. The Balaban J connectivity index is 1.99. The standard InChI is InChI=1S/C20H11ClFN3S/c21-17-4-2-1-3-16(17)20(22,14-5-7-15(10-23)24-11-14)13-6-8-18-19(9-13)26-12-25-18/h1-9,11-12H. The lowest BCUT2D eigenvalue weighted by Crippen LogP contribution is -2.24. The first-order valence-electron chi connectivity index (χ1n) is 7.77. The molecule has 0 saturated carbocycles. The maximum atomic E-state index is 16.7. The van der Waals surface area contributed by atoms with Crippen LogP contribution in [0.15, 0.2) is 66.3 Å². The number of hydrogen-bond donors (Lipinski definition) is 0. The molecular weight excluding hydrogens is 369 g/mol. The molecule has 0 aliphatic carbocycles. The summed E-state index contributed by atoms with van der Waals surface area (Å²) in [6, 6.07) is 17.2. The fourth-order valence-corrected chi connectivity index (χ4v) is 3.93. The van der Waals surface area contributed by atoms with E-state index in [0.717, 1.165) is 10.2 Å². The average molecular weight is 380 g/mol. The number of nitrogens with zero attached hydrogens (tertiary/aromatic N) is 3. The molecule has 1 atom stereocenters. The Hall–Kier alpha value is -2.81. The van der Waals surface area contributed by atoms with E-state index in [1.807, 2.05) is 6.07 Å². The minimum atomic E-state index is -2.00. The largest absolute Gasteiger partial charge is 0.245 e. The molecule has 0 fully saturated rings. The highest BCUT2D eigenvalue weighted by Gasteiger charge is 2.38. The molecule has 126 valence electrons. The van der Waals surface area contributed by atoms with Gasteiger partial charge >= 0.3 is 0 Å². The van der Waals surface area contributed by atoms with Gasteiger partial charge < -0.3 is 0 Å². The van der Waals surface area contributed by atoms with Gasteiger partial charge in [-0.05, 0) is 29.8 Å². The van der Waals surface area contributed by atoms with E-state index < -0.39 is 5.67 Å². The quantitative estimate of drug-likeness (QED) is 0.473. The first kappa shape index (κ1) is 16.6. The van der Waals surface area contributed by atoms with E-state index in [9.17, 15) is 0 Å². The van der Waals surface area contributed by atoms with Gasteiger partial charge in [0, 0.05) is 22.3 Å². The molecule has 4 aromatic rings. The zero-order valence-electron chi connectivity index (χ0n) is 13.4. The van der Waals surface area contributed by atoms with Gasteiger partial charge in [-0.1, -0.05) is 41.9 Å². The van der Waals surface area contributed by atoms with Gasteiger partial charge in [0.15, 0.2) is 5.67 Å². The summed E-state index contributed by atoms with van der Waals surface area (Å²) >= 11 is 7.79. The molecular formula is C20H11ClFN3S. The van der Waals surface area contributed by atoms with Crippen LogP contribution < -0.4 is 0 Å². The van der Waals surface area contributed by atoms with Crippen LogP contribution in [0.5, 0.6) is 0 Å². The van der Waals surface area contributed by atoms with E-state index in [2.05, 4.69) is 9.97 Å². The first-order valence-corrected chi connectivity index (χ1v) is 9.03. The van der Waals surface area contributed by atoms with Crippen LogP contribution in [-0.4, -0.2) is 9.97 Å². The van der Waals surface area contributed by atoms with E-state index >= 15 is 4.39 Å². The summed E-state index contributed by atoms with van der Waals surface area (Å²) in [5.41, 5.74) is 1.86. The Morgan fingerprint density at radius 1 is 1.04 bits per heavy atom. The summed E-state index contributed by atoms with van der Waals surface area (Å²) in [6.45, 7) is 0. The first-order chi connectivity index (χ1) is 12.6. The maximum Gasteiger partial charge on any atom is 0.189 e. The monoisotopic (exact) mass is 379 g/mol. The average Bonchev–Trinajstić information content (AvgIpc) is 3.15. The third-order valence-corrected chi connectivity index (χ3v) is 5.37. The Morgan fingerprint density at radius 3 is 2.58 bits per heavy atom. The van der Waals surface area contributed by atoms with Crippen LogP contribution in [0.4, 0.5) is 4.39 Å². The van der Waals surface area contributed by atoms with Crippen molar-refractivity contribution in [3.05, 3.63) is 93.7 Å². The van der Waals surface area contributed by atoms with Crippen LogP contribution in [-0.2, 0) is 5.67 Å². The molecule has 0 aliphatic heterocycles. The maximum absolute atomic E-state index is 16.7. The van der Waals surface area contributed by atoms with E-state index in [1.54, 1.807) is 54.0 Å². The number of pyridine rings is 1. The Kier molecular flexibility index (Phi) is 4.15. The molecule has 2 aromatic heterocycles. The van der Waals surface area contributed by atoms with Crippen molar-refractivity contribution >= 4 is 33.2 Å². The van der Waals surface area contributed by atoms with Gasteiger partial charge in [-0.2, -0.15) is 5.26 Å². The second-order valence-corrected chi connectivity index (χ2v) is 7.01. The summed E-state index contributed by atoms with van der Waals surface area (Å²) < 4.78 is 17.6. The Labute approximate surface area is 158 Å². The van der Waals surface area contributed by atoms with E-state index in [-0.39, 0.29) is 5.69 Å². The lowest BCUT2D eigenvalue weighted by Gasteiger charge is -2.28. The lowest BCUT2D eigenvalue weighted by atomic mass is 9.82. The van der Waals surface area contributed by atoms with Gasteiger partial charge in [0.2, 0.25) is 0 Å². The summed E-state index contributed by atoms with van der Waals surface area (Å²) in [7, 11) is 0. The normalized spacial score (nSPS) is 13.3. The van der Waals surface area contributed by atoms with Gasteiger partial charge in [-0.15, -0.1) is 11.3 Å². The van der Waals surface area contributed by atoms with Gasteiger partial charge in [0.1, 0.15) is 11.8 Å². The van der Waals surface area contributed by atoms with Gasteiger partial charge in [0.25, 0.3) is 0 Å². The molecule has 2 heterocycles. The highest BCUT2D eigenvalue weighted by atomic mass is 35.5. The predicted octanol–water partition coefficient (Wildman–Crippen LogP) is 5.48. The summed E-state index contributed by atoms with van der Waals surface area (Å²) in [5.74, 6) is 0. The van der Waals surface area contributed by atoms with Crippen LogP contribution in [0.2, 0.25) is 5.02 Å². The van der Waals surface area contributed by atoms with Crippen molar-refractivity contribution in [2.45, 2.75) is 5.67 Å². The molecule has 3 nitrogen and oxygen atoms in total. The minimum Gasteiger partial charge on any atom is -0.245 e. The zero-order chi connectivity index (χ0) is 18.1. The van der Waals surface area contributed by atoms with Crippen molar-refractivity contribution in [1.82, 2.24) is 9.97 Å². The molecule has 0 bridgehead atoms. The number of nitriles is 1. The molecule has 4 rings (SSSR count). The van der Waals surface area contributed by atoms with Crippen LogP contribution in [0.1, 0.15) is 22.4 Å². The number of rotatable bonds is 3. The number of hydrogen-bond acceptors (Lipinski definition) is 4. The molecule has 0 N–H and O–H groups in total. The smallest absolute Gasteiger partial charge is 0.189 e. The van der Waals surface area contributed by atoms with Gasteiger partial charge in [0.05, 0.1) is 15.7 Å². The topological polar surface area (TPSA) is 49.6 Å². The highest BCUT2D eigenvalue weighted by molar-refractivity contribution is 7.16. The number of aromatic nitrogens is 2. The SMILES string of the molecule is N#Cc1ccc(C(F)(c2ccc3ncsc3c2)c2ccccc2Cl)cn1. The molecule has 0 saturated heterocycles. The third-order valence-electron chi connectivity index (χ3n) is 4.25. The van der Waals surface area contributed by atoms with Crippen LogP contribution >= 0.6 is 22.9 Å². The zero-order valence-corrected chi connectivity index (χ0v) is 14.9.